The SMILES string of the molecule is Brc1cccnc1Sc1ncc(I)cn1. The monoisotopic (exact) mass is 393 g/mol. The molecule has 2 rings (SSSR count). The molecule has 0 aliphatic rings. The molecular weight excluding hydrogens is 389 g/mol. The second-order valence-electron chi connectivity index (χ2n) is 2.58. The standard InChI is InChI=1S/C9H5BrIN3S/c10-7-2-1-3-12-8(7)15-9-13-4-6(11)5-14-9/h1-5H. The second-order valence-corrected chi connectivity index (χ2v) is 5.63. The fourth-order valence-electron chi connectivity index (χ4n) is 0.886. The van der Waals surface area contributed by atoms with Gasteiger partial charge in [-0.15, -0.1) is 0 Å². The third-order valence-corrected chi connectivity index (χ3v) is 3.88. The van der Waals surface area contributed by atoms with E-state index in [9.17, 15) is 0 Å². The summed E-state index contributed by atoms with van der Waals surface area (Å²) in [5.74, 6) is 0. The van der Waals surface area contributed by atoms with E-state index in [1.807, 2.05) is 12.1 Å². The number of hydrogen-bond donors (Lipinski definition) is 0. The van der Waals surface area contributed by atoms with Crippen molar-refractivity contribution in [2.24, 2.45) is 0 Å². The maximum atomic E-state index is 4.23. The number of nitrogens with zero attached hydrogens (tertiary/aromatic N) is 3. The first-order chi connectivity index (χ1) is 7.25. The van der Waals surface area contributed by atoms with Crippen LogP contribution in [0.2, 0.25) is 0 Å². The van der Waals surface area contributed by atoms with Crippen LogP contribution in [0.5, 0.6) is 0 Å². The molecule has 0 bridgehead atoms. The van der Waals surface area contributed by atoms with Crippen LogP contribution in [0.3, 0.4) is 0 Å². The number of rotatable bonds is 2. The summed E-state index contributed by atoms with van der Waals surface area (Å²) in [6.45, 7) is 0. The highest BCUT2D eigenvalue weighted by molar-refractivity contribution is 14.1. The van der Waals surface area contributed by atoms with Crippen LogP contribution in [0, 0.1) is 3.57 Å². The quantitative estimate of drug-likeness (QED) is 0.579. The van der Waals surface area contributed by atoms with Gasteiger partial charge in [-0.25, -0.2) is 15.0 Å². The van der Waals surface area contributed by atoms with Crippen LogP contribution >= 0.6 is 50.3 Å². The van der Waals surface area contributed by atoms with Crippen LogP contribution in [-0.4, -0.2) is 15.0 Å². The van der Waals surface area contributed by atoms with E-state index in [0.29, 0.717) is 5.16 Å². The molecule has 0 atom stereocenters. The van der Waals surface area contributed by atoms with Crippen LogP contribution in [0.1, 0.15) is 0 Å². The highest BCUT2D eigenvalue weighted by Crippen LogP contribution is 2.28. The van der Waals surface area contributed by atoms with Gasteiger partial charge in [0.1, 0.15) is 5.03 Å². The maximum Gasteiger partial charge on any atom is 0.193 e. The molecule has 0 saturated carbocycles. The first-order valence-electron chi connectivity index (χ1n) is 4.01. The molecule has 0 amide bonds. The molecule has 0 fully saturated rings. The number of hydrogen-bond acceptors (Lipinski definition) is 4. The minimum atomic E-state index is 0.704. The molecule has 2 aromatic rings. The lowest BCUT2D eigenvalue weighted by atomic mass is 10.5. The van der Waals surface area contributed by atoms with E-state index in [1.54, 1.807) is 18.6 Å². The van der Waals surface area contributed by atoms with Gasteiger partial charge in [0.05, 0.1) is 4.47 Å². The van der Waals surface area contributed by atoms with Gasteiger partial charge in [-0.2, -0.15) is 0 Å². The zero-order chi connectivity index (χ0) is 10.7. The summed E-state index contributed by atoms with van der Waals surface area (Å²) in [6, 6.07) is 3.82. The van der Waals surface area contributed by atoms with Gasteiger partial charge in [-0.05, 0) is 62.4 Å². The predicted octanol–water partition coefficient (Wildman–Crippen LogP) is 3.39. The molecule has 2 aromatic heterocycles. The Bertz CT molecular complexity index is 463. The van der Waals surface area contributed by atoms with Gasteiger partial charge in [0.25, 0.3) is 0 Å². The average molecular weight is 394 g/mol. The van der Waals surface area contributed by atoms with Gasteiger partial charge in [0.2, 0.25) is 0 Å². The molecule has 3 nitrogen and oxygen atoms in total. The van der Waals surface area contributed by atoms with Crippen molar-refractivity contribution in [2.75, 3.05) is 0 Å². The molecule has 6 heteroatoms. The Morgan fingerprint density at radius 2 is 1.93 bits per heavy atom. The van der Waals surface area contributed by atoms with Gasteiger partial charge in [0.15, 0.2) is 5.16 Å². The van der Waals surface area contributed by atoms with E-state index in [4.69, 9.17) is 0 Å². The normalized spacial score (nSPS) is 10.3. The maximum absolute atomic E-state index is 4.23. The van der Waals surface area contributed by atoms with Crippen LogP contribution in [0.4, 0.5) is 0 Å². The van der Waals surface area contributed by atoms with Crippen molar-refractivity contribution < 1.29 is 0 Å². The van der Waals surface area contributed by atoms with Crippen molar-refractivity contribution in [1.29, 1.82) is 0 Å². The summed E-state index contributed by atoms with van der Waals surface area (Å²) in [7, 11) is 0. The number of pyridine rings is 1. The van der Waals surface area contributed by atoms with E-state index in [0.717, 1.165) is 13.1 Å². The second kappa shape index (κ2) is 5.22. The summed E-state index contributed by atoms with van der Waals surface area (Å²) < 4.78 is 1.98. The summed E-state index contributed by atoms with van der Waals surface area (Å²) in [4.78, 5) is 12.6. The van der Waals surface area contributed by atoms with Crippen molar-refractivity contribution in [3.8, 4) is 0 Å². The lowest BCUT2D eigenvalue weighted by Crippen LogP contribution is -1.88. The molecule has 0 aliphatic carbocycles. The van der Waals surface area contributed by atoms with Crippen LogP contribution in [-0.2, 0) is 0 Å². The Morgan fingerprint density at radius 3 is 2.60 bits per heavy atom. The molecule has 0 saturated heterocycles. The van der Waals surface area contributed by atoms with Crippen LogP contribution in [0.15, 0.2) is 45.4 Å². The Morgan fingerprint density at radius 1 is 1.20 bits per heavy atom. The first-order valence-corrected chi connectivity index (χ1v) is 6.70. The molecule has 0 spiro atoms. The van der Waals surface area contributed by atoms with Gasteiger partial charge in [0, 0.05) is 22.2 Å². The van der Waals surface area contributed by atoms with Gasteiger partial charge >= 0.3 is 0 Å². The fourth-order valence-corrected chi connectivity index (χ4v) is 2.33. The molecule has 15 heavy (non-hydrogen) atoms. The van der Waals surface area contributed by atoms with Gasteiger partial charge in [-0.1, -0.05) is 0 Å². The first kappa shape index (κ1) is 11.3. The molecule has 2 heterocycles. The van der Waals surface area contributed by atoms with Crippen molar-refractivity contribution in [3.05, 3.63) is 38.8 Å². The van der Waals surface area contributed by atoms with Crippen molar-refractivity contribution in [2.45, 2.75) is 10.2 Å². The highest BCUT2D eigenvalue weighted by Gasteiger charge is 2.04. The minimum absolute atomic E-state index is 0.704. The van der Waals surface area contributed by atoms with E-state index in [1.165, 1.54) is 11.8 Å². The van der Waals surface area contributed by atoms with Crippen LogP contribution in [0.25, 0.3) is 0 Å². The summed E-state index contributed by atoms with van der Waals surface area (Å²) in [6.07, 6.45) is 5.32. The van der Waals surface area contributed by atoms with Crippen molar-refractivity contribution in [1.82, 2.24) is 15.0 Å². The van der Waals surface area contributed by atoms with Crippen molar-refractivity contribution >= 4 is 50.3 Å². The molecule has 76 valence electrons. The Hall–Kier alpha value is -0.210. The minimum Gasteiger partial charge on any atom is -0.248 e. The Labute approximate surface area is 113 Å². The van der Waals surface area contributed by atoms with Crippen molar-refractivity contribution in [3.63, 3.8) is 0 Å². The van der Waals surface area contributed by atoms with E-state index in [-0.39, 0.29) is 0 Å². The fraction of sp³-hybridized carbons (Fsp3) is 0. The Balaban J connectivity index is 2.22. The van der Waals surface area contributed by atoms with E-state index >= 15 is 0 Å². The van der Waals surface area contributed by atoms with Gasteiger partial charge < -0.3 is 0 Å². The predicted molar refractivity (Wildman–Crippen MR) is 70.8 cm³/mol. The lowest BCUT2D eigenvalue weighted by Gasteiger charge is -2.00. The molecule has 0 radical (unpaired) electrons. The number of halogens is 2. The lowest BCUT2D eigenvalue weighted by molar-refractivity contribution is 0.949. The van der Waals surface area contributed by atoms with E-state index in [2.05, 4.69) is 53.5 Å². The molecule has 0 unspecified atom stereocenters. The Kier molecular flexibility index (Phi) is 3.92. The highest BCUT2D eigenvalue weighted by atomic mass is 127. The van der Waals surface area contributed by atoms with Gasteiger partial charge in [-0.3, -0.25) is 0 Å². The summed E-state index contributed by atoms with van der Waals surface area (Å²) >= 11 is 7.04. The third kappa shape index (κ3) is 3.12. The van der Waals surface area contributed by atoms with E-state index < -0.39 is 0 Å². The molecular formula is C9H5BrIN3S. The zero-order valence-corrected chi connectivity index (χ0v) is 12.0. The molecule has 0 aliphatic heterocycles. The largest absolute Gasteiger partial charge is 0.248 e. The third-order valence-electron chi connectivity index (χ3n) is 1.51. The topological polar surface area (TPSA) is 38.7 Å². The van der Waals surface area contributed by atoms with Crippen LogP contribution < -0.4 is 0 Å². The summed E-state index contributed by atoms with van der Waals surface area (Å²) in [5, 5.41) is 1.58. The zero-order valence-electron chi connectivity index (χ0n) is 7.39. The molecule has 0 aromatic carbocycles. The molecule has 0 N–H and O–H groups in total. The number of aromatic nitrogens is 3. The average Bonchev–Trinajstić information content (AvgIpc) is 2.25. The summed E-state index contributed by atoms with van der Waals surface area (Å²) in [5.41, 5.74) is 0. The smallest absolute Gasteiger partial charge is 0.193 e.